The number of likely N-dealkylation sites (N-methyl/N-ethyl adjacent to an activating group) is 1. The van der Waals surface area contributed by atoms with E-state index in [1.165, 1.54) is 11.4 Å². The molecule has 0 aromatic heterocycles. The monoisotopic (exact) mass is 313 g/mol. The second-order valence-electron chi connectivity index (χ2n) is 4.83. The molecule has 6 nitrogen and oxygen atoms in total. The van der Waals surface area contributed by atoms with Gasteiger partial charge in [-0.3, -0.25) is 4.79 Å². The smallest absolute Gasteiger partial charge is 0.220 e. The van der Waals surface area contributed by atoms with Gasteiger partial charge in [-0.25, -0.2) is 12.7 Å². The SMILES string of the molecule is CN(CCNC(=O)CC1CCNCC1)S(C)(=O)=O.Cl. The van der Waals surface area contributed by atoms with E-state index in [0.29, 0.717) is 25.4 Å². The second-order valence-corrected chi connectivity index (χ2v) is 6.92. The number of hydrogen-bond acceptors (Lipinski definition) is 4. The molecule has 1 aliphatic rings. The highest BCUT2D eigenvalue weighted by atomic mass is 35.5. The molecule has 0 atom stereocenters. The van der Waals surface area contributed by atoms with Crippen molar-refractivity contribution in [1.82, 2.24) is 14.9 Å². The van der Waals surface area contributed by atoms with E-state index in [1.54, 1.807) is 0 Å². The second kappa shape index (κ2) is 8.73. The molecule has 0 unspecified atom stereocenters. The molecule has 114 valence electrons. The molecule has 1 fully saturated rings. The zero-order valence-corrected chi connectivity index (χ0v) is 13.1. The van der Waals surface area contributed by atoms with Gasteiger partial charge in [-0.1, -0.05) is 0 Å². The molecule has 1 heterocycles. The summed E-state index contributed by atoms with van der Waals surface area (Å²) in [5.41, 5.74) is 0. The summed E-state index contributed by atoms with van der Waals surface area (Å²) >= 11 is 0. The molecular weight excluding hydrogens is 290 g/mol. The summed E-state index contributed by atoms with van der Waals surface area (Å²) in [7, 11) is -1.65. The predicted octanol–water partition coefficient (Wildman–Crippen LogP) is -0.194. The zero-order chi connectivity index (χ0) is 13.6. The highest BCUT2D eigenvalue weighted by Gasteiger charge is 2.17. The number of sulfonamides is 1. The average Bonchev–Trinajstić information content (AvgIpc) is 2.28. The summed E-state index contributed by atoms with van der Waals surface area (Å²) in [6.45, 7) is 2.65. The lowest BCUT2D eigenvalue weighted by atomic mass is 9.94. The van der Waals surface area contributed by atoms with Gasteiger partial charge in [0.25, 0.3) is 0 Å². The molecule has 0 spiro atoms. The third kappa shape index (κ3) is 7.71. The Hall–Kier alpha value is -0.370. The number of hydrogen-bond donors (Lipinski definition) is 2. The van der Waals surface area contributed by atoms with E-state index in [0.717, 1.165) is 32.2 Å². The summed E-state index contributed by atoms with van der Waals surface area (Å²) in [4.78, 5) is 11.6. The third-order valence-corrected chi connectivity index (χ3v) is 4.56. The van der Waals surface area contributed by atoms with Crippen molar-refractivity contribution in [3.05, 3.63) is 0 Å². The minimum absolute atomic E-state index is 0. The van der Waals surface area contributed by atoms with Crippen LogP contribution in [-0.4, -0.2) is 58.1 Å². The maximum atomic E-state index is 11.6. The van der Waals surface area contributed by atoms with Crippen molar-refractivity contribution in [3.8, 4) is 0 Å². The van der Waals surface area contributed by atoms with Crippen molar-refractivity contribution >= 4 is 28.3 Å². The summed E-state index contributed by atoms with van der Waals surface area (Å²) in [6, 6.07) is 0. The molecular formula is C11H24ClN3O3S. The third-order valence-electron chi connectivity index (χ3n) is 3.25. The van der Waals surface area contributed by atoms with Gasteiger partial charge in [0.2, 0.25) is 15.9 Å². The Morgan fingerprint density at radius 1 is 1.37 bits per heavy atom. The number of halogens is 1. The van der Waals surface area contributed by atoms with Crippen LogP contribution in [0, 0.1) is 5.92 Å². The number of nitrogens with one attached hydrogen (secondary N) is 2. The van der Waals surface area contributed by atoms with E-state index in [-0.39, 0.29) is 18.3 Å². The number of carbonyl (C=O) groups is 1. The fourth-order valence-corrected chi connectivity index (χ4v) is 2.36. The molecule has 1 rings (SSSR count). The Morgan fingerprint density at radius 3 is 2.47 bits per heavy atom. The van der Waals surface area contributed by atoms with Gasteiger partial charge in [0.15, 0.2) is 0 Å². The molecule has 2 N–H and O–H groups in total. The standard InChI is InChI=1S/C11H23N3O3S.ClH/c1-14(18(2,16)17)8-7-13-11(15)9-10-3-5-12-6-4-10;/h10,12H,3-9H2,1-2H3,(H,13,15);1H. The molecule has 1 saturated heterocycles. The molecule has 8 heteroatoms. The average molecular weight is 314 g/mol. The lowest BCUT2D eigenvalue weighted by molar-refractivity contribution is -0.122. The Kier molecular flexibility index (Phi) is 8.56. The fourth-order valence-electron chi connectivity index (χ4n) is 1.94. The first kappa shape index (κ1) is 18.6. The van der Waals surface area contributed by atoms with Crippen LogP contribution < -0.4 is 10.6 Å². The van der Waals surface area contributed by atoms with Crippen LogP contribution >= 0.6 is 12.4 Å². The maximum absolute atomic E-state index is 11.6. The molecule has 0 saturated carbocycles. The molecule has 19 heavy (non-hydrogen) atoms. The highest BCUT2D eigenvalue weighted by Crippen LogP contribution is 2.15. The Balaban J connectivity index is 0.00000324. The summed E-state index contributed by atoms with van der Waals surface area (Å²) < 4.78 is 23.5. The van der Waals surface area contributed by atoms with Crippen LogP contribution in [0.3, 0.4) is 0 Å². The van der Waals surface area contributed by atoms with Crippen molar-refractivity contribution < 1.29 is 13.2 Å². The number of carbonyl (C=O) groups excluding carboxylic acids is 1. The minimum atomic E-state index is -3.15. The maximum Gasteiger partial charge on any atom is 0.220 e. The van der Waals surface area contributed by atoms with Gasteiger partial charge < -0.3 is 10.6 Å². The summed E-state index contributed by atoms with van der Waals surface area (Å²) in [5, 5.41) is 6.03. The Labute approximate surface area is 121 Å². The van der Waals surface area contributed by atoms with E-state index < -0.39 is 10.0 Å². The first-order valence-electron chi connectivity index (χ1n) is 6.28. The molecule has 0 bridgehead atoms. The van der Waals surface area contributed by atoms with E-state index in [1.807, 2.05) is 0 Å². The zero-order valence-electron chi connectivity index (χ0n) is 11.5. The molecule has 0 radical (unpaired) electrons. The van der Waals surface area contributed by atoms with Gasteiger partial charge in [0.05, 0.1) is 6.26 Å². The topological polar surface area (TPSA) is 78.5 Å². The minimum Gasteiger partial charge on any atom is -0.355 e. The lowest BCUT2D eigenvalue weighted by Crippen LogP contribution is -2.37. The largest absolute Gasteiger partial charge is 0.355 e. The van der Waals surface area contributed by atoms with Crippen molar-refractivity contribution in [2.24, 2.45) is 5.92 Å². The van der Waals surface area contributed by atoms with Crippen molar-refractivity contribution in [2.45, 2.75) is 19.3 Å². The number of nitrogens with zero attached hydrogens (tertiary/aromatic N) is 1. The summed E-state index contributed by atoms with van der Waals surface area (Å²) in [5.74, 6) is 0.475. The number of rotatable bonds is 6. The van der Waals surface area contributed by atoms with Gasteiger partial charge in [-0.2, -0.15) is 0 Å². The van der Waals surface area contributed by atoms with Gasteiger partial charge >= 0.3 is 0 Å². The predicted molar refractivity (Wildman–Crippen MR) is 77.9 cm³/mol. The van der Waals surface area contributed by atoms with Gasteiger partial charge in [-0.15, -0.1) is 12.4 Å². The van der Waals surface area contributed by atoms with Crippen molar-refractivity contribution in [1.29, 1.82) is 0 Å². The fraction of sp³-hybridized carbons (Fsp3) is 0.909. The van der Waals surface area contributed by atoms with Crippen LogP contribution in [0.2, 0.25) is 0 Å². The Morgan fingerprint density at radius 2 is 1.95 bits per heavy atom. The van der Waals surface area contributed by atoms with Gasteiger partial charge in [0, 0.05) is 26.6 Å². The molecule has 0 aromatic carbocycles. The summed E-state index contributed by atoms with van der Waals surface area (Å²) in [6.07, 6.45) is 3.78. The van der Waals surface area contributed by atoms with Crippen LogP contribution in [0.25, 0.3) is 0 Å². The quantitative estimate of drug-likeness (QED) is 0.712. The molecule has 1 amide bonds. The van der Waals surface area contributed by atoms with Crippen LogP contribution in [0.15, 0.2) is 0 Å². The lowest BCUT2D eigenvalue weighted by Gasteiger charge is -2.22. The first-order valence-corrected chi connectivity index (χ1v) is 8.13. The van der Waals surface area contributed by atoms with E-state index in [9.17, 15) is 13.2 Å². The number of amides is 1. The molecule has 1 aliphatic heterocycles. The van der Waals surface area contributed by atoms with Crippen LogP contribution in [-0.2, 0) is 14.8 Å². The van der Waals surface area contributed by atoms with Crippen LogP contribution in [0.5, 0.6) is 0 Å². The molecule has 0 aliphatic carbocycles. The number of piperidine rings is 1. The van der Waals surface area contributed by atoms with Gasteiger partial charge in [-0.05, 0) is 31.8 Å². The van der Waals surface area contributed by atoms with E-state index in [2.05, 4.69) is 10.6 Å². The normalized spacial score (nSPS) is 17.0. The van der Waals surface area contributed by atoms with E-state index >= 15 is 0 Å². The highest BCUT2D eigenvalue weighted by molar-refractivity contribution is 7.88. The van der Waals surface area contributed by atoms with Crippen LogP contribution in [0.4, 0.5) is 0 Å². The first-order chi connectivity index (χ1) is 8.39. The van der Waals surface area contributed by atoms with Crippen molar-refractivity contribution in [3.63, 3.8) is 0 Å². The Bertz CT molecular complexity index is 369. The molecule has 0 aromatic rings. The van der Waals surface area contributed by atoms with E-state index in [4.69, 9.17) is 0 Å². The van der Waals surface area contributed by atoms with Crippen molar-refractivity contribution in [2.75, 3.05) is 39.5 Å². The van der Waals surface area contributed by atoms with Gasteiger partial charge in [0.1, 0.15) is 0 Å². The van der Waals surface area contributed by atoms with Crippen LogP contribution in [0.1, 0.15) is 19.3 Å².